The monoisotopic (exact) mass is 436 g/mol. The number of aromatic nitrogens is 2. The van der Waals surface area contributed by atoms with Crippen LogP contribution < -0.4 is 10.6 Å². The molecule has 2 amide bonds. The Morgan fingerprint density at radius 3 is 2.63 bits per heavy atom. The van der Waals surface area contributed by atoms with Crippen LogP contribution in [0.1, 0.15) is 30.5 Å². The summed E-state index contributed by atoms with van der Waals surface area (Å²) in [5, 5.41) is 6.13. The van der Waals surface area contributed by atoms with Gasteiger partial charge < -0.3 is 5.32 Å². The maximum Gasteiger partial charge on any atom is 0.320 e. The molecule has 0 saturated heterocycles. The van der Waals surface area contributed by atoms with E-state index in [-0.39, 0.29) is 6.03 Å². The molecule has 1 atom stereocenters. The van der Waals surface area contributed by atoms with Gasteiger partial charge in [0.05, 0.1) is 15.7 Å². The van der Waals surface area contributed by atoms with Crippen molar-refractivity contribution >= 4 is 45.0 Å². The standard InChI is InChI=1S/C23H21ClN4OS/c1-3-25-22(29)28-21-11-9-16(13-26-21)23(2,17-6-4-5-7-18(17)24)15-8-10-19-20(12-15)30-14-27-19/h4-14H,3H2,1-2H3,(H2,25,26,28,29). The second-order valence-corrected chi connectivity index (χ2v) is 8.35. The zero-order chi connectivity index (χ0) is 21.1. The molecule has 4 rings (SSSR count). The number of nitrogens with one attached hydrogen (secondary N) is 2. The molecule has 2 heterocycles. The minimum absolute atomic E-state index is 0.276. The molecule has 0 aliphatic carbocycles. The fourth-order valence-corrected chi connectivity index (χ4v) is 4.64. The Kier molecular flexibility index (Phi) is 5.70. The van der Waals surface area contributed by atoms with Crippen molar-refractivity contribution in [3.8, 4) is 0 Å². The first-order chi connectivity index (χ1) is 14.5. The highest BCUT2D eigenvalue weighted by Gasteiger charge is 2.33. The molecule has 2 N–H and O–H groups in total. The number of carbonyl (C=O) groups is 1. The molecule has 0 spiro atoms. The van der Waals surface area contributed by atoms with E-state index in [2.05, 4.69) is 39.7 Å². The Hall–Kier alpha value is -2.96. The molecule has 5 nitrogen and oxygen atoms in total. The van der Waals surface area contributed by atoms with Crippen LogP contribution in [0.2, 0.25) is 5.02 Å². The Bertz CT molecular complexity index is 1190. The number of rotatable bonds is 5. The summed E-state index contributed by atoms with van der Waals surface area (Å²) < 4.78 is 1.12. The van der Waals surface area contributed by atoms with E-state index in [1.165, 1.54) is 0 Å². The smallest absolute Gasteiger partial charge is 0.320 e. The summed E-state index contributed by atoms with van der Waals surface area (Å²) in [6.45, 7) is 4.56. The number of carbonyl (C=O) groups excluding carboxylic acids is 1. The van der Waals surface area contributed by atoms with Gasteiger partial charge in [-0.2, -0.15) is 0 Å². The Balaban J connectivity index is 1.82. The number of fused-ring (bicyclic) bond motifs is 1. The van der Waals surface area contributed by atoms with Crippen LogP contribution in [-0.2, 0) is 5.41 Å². The van der Waals surface area contributed by atoms with Crippen LogP contribution in [-0.4, -0.2) is 22.5 Å². The minimum atomic E-state index is -0.534. The maximum atomic E-state index is 11.8. The lowest BCUT2D eigenvalue weighted by Crippen LogP contribution is -2.29. The lowest BCUT2D eigenvalue weighted by atomic mass is 9.71. The number of thiazole rings is 1. The van der Waals surface area contributed by atoms with E-state index in [4.69, 9.17) is 11.6 Å². The van der Waals surface area contributed by atoms with Gasteiger partial charge in [0.2, 0.25) is 0 Å². The number of urea groups is 1. The number of nitrogens with zero attached hydrogens (tertiary/aromatic N) is 2. The highest BCUT2D eigenvalue weighted by Crippen LogP contribution is 2.42. The Morgan fingerprint density at radius 1 is 1.10 bits per heavy atom. The van der Waals surface area contributed by atoms with Crippen molar-refractivity contribution in [1.29, 1.82) is 0 Å². The van der Waals surface area contributed by atoms with Crippen molar-refractivity contribution in [2.75, 3.05) is 11.9 Å². The number of anilines is 1. The van der Waals surface area contributed by atoms with Crippen molar-refractivity contribution in [2.45, 2.75) is 19.3 Å². The van der Waals surface area contributed by atoms with Crippen molar-refractivity contribution in [3.63, 3.8) is 0 Å². The number of halogens is 1. The van der Waals surface area contributed by atoms with Gasteiger partial charge in [-0.25, -0.2) is 14.8 Å². The van der Waals surface area contributed by atoms with Crippen molar-refractivity contribution in [1.82, 2.24) is 15.3 Å². The van der Waals surface area contributed by atoms with Gasteiger partial charge in [-0.1, -0.05) is 41.9 Å². The number of hydrogen-bond donors (Lipinski definition) is 2. The average molecular weight is 437 g/mol. The maximum absolute atomic E-state index is 11.8. The largest absolute Gasteiger partial charge is 0.338 e. The number of hydrogen-bond acceptors (Lipinski definition) is 4. The third kappa shape index (κ3) is 3.76. The summed E-state index contributed by atoms with van der Waals surface area (Å²) in [5.41, 5.74) is 5.35. The van der Waals surface area contributed by atoms with Crippen LogP contribution in [0, 0.1) is 0 Å². The molecule has 152 valence electrons. The second-order valence-electron chi connectivity index (χ2n) is 7.06. The molecule has 0 radical (unpaired) electrons. The van der Waals surface area contributed by atoms with E-state index in [9.17, 15) is 4.79 Å². The van der Waals surface area contributed by atoms with Crippen molar-refractivity contribution in [3.05, 3.63) is 88.0 Å². The van der Waals surface area contributed by atoms with Crippen LogP contribution in [0.5, 0.6) is 0 Å². The van der Waals surface area contributed by atoms with Gasteiger partial charge in [0, 0.05) is 23.2 Å². The highest BCUT2D eigenvalue weighted by atomic mass is 35.5. The Labute approximate surface area is 184 Å². The molecule has 0 fully saturated rings. The van der Waals surface area contributed by atoms with E-state index in [0.717, 1.165) is 26.9 Å². The molecular weight excluding hydrogens is 416 g/mol. The summed E-state index contributed by atoms with van der Waals surface area (Å²) >= 11 is 8.26. The zero-order valence-electron chi connectivity index (χ0n) is 16.6. The predicted molar refractivity (Wildman–Crippen MR) is 124 cm³/mol. The molecule has 4 aromatic rings. The highest BCUT2D eigenvalue weighted by molar-refractivity contribution is 7.16. The summed E-state index contributed by atoms with van der Waals surface area (Å²) in [4.78, 5) is 20.7. The first kappa shape index (κ1) is 20.3. The molecule has 2 aromatic carbocycles. The van der Waals surface area contributed by atoms with E-state index < -0.39 is 5.41 Å². The van der Waals surface area contributed by atoms with E-state index in [1.54, 1.807) is 17.5 Å². The second kappa shape index (κ2) is 8.42. The average Bonchev–Trinajstić information content (AvgIpc) is 3.22. The molecule has 2 aromatic heterocycles. The van der Waals surface area contributed by atoms with E-state index in [0.29, 0.717) is 17.4 Å². The van der Waals surface area contributed by atoms with Crippen LogP contribution in [0.25, 0.3) is 10.2 Å². The Morgan fingerprint density at radius 2 is 1.90 bits per heavy atom. The van der Waals surface area contributed by atoms with Gasteiger partial charge in [0.15, 0.2) is 0 Å². The molecule has 0 bridgehead atoms. The van der Waals surface area contributed by atoms with Crippen LogP contribution in [0.4, 0.5) is 10.6 Å². The molecule has 30 heavy (non-hydrogen) atoms. The van der Waals surface area contributed by atoms with Gasteiger partial charge in [-0.3, -0.25) is 5.32 Å². The summed E-state index contributed by atoms with van der Waals surface area (Å²) in [5.74, 6) is 0.490. The van der Waals surface area contributed by atoms with Crippen LogP contribution in [0.3, 0.4) is 0 Å². The van der Waals surface area contributed by atoms with Crippen LogP contribution in [0.15, 0.2) is 66.3 Å². The summed E-state index contributed by atoms with van der Waals surface area (Å²) in [7, 11) is 0. The fraction of sp³-hybridized carbons (Fsp3) is 0.174. The van der Waals surface area contributed by atoms with Gasteiger partial charge in [-0.05, 0) is 54.8 Å². The van der Waals surface area contributed by atoms with Gasteiger partial charge in [0.1, 0.15) is 5.82 Å². The number of pyridine rings is 1. The first-order valence-corrected chi connectivity index (χ1v) is 10.9. The van der Waals surface area contributed by atoms with Gasteiger partial charge >= 0.3 is 6.03 Å². The normalized spacial score (nSPS) is 13.0. The molecule has 1 unspecified atom stereocenters. The summed E-state index contributed by atoms with van der Waals surface area (Å²) in [6.07, 6.45) is 1.79. The quantitative estimate of drug-likeness (QED) is 0.413. The van der Waals surface area contributed by atoms with E-state index >= 15 is 0 Å². The fourth-order valence-electron chi connectivity index (χ4n) is 3.60. The number of amides is 2. The molecule has 0 aliphatic rings. The first-order valence-electron chi connectivity index (χ1n) is 9.62. The topological polar surface area (TPSA) is 66.9 Å². The summed E-state index contributed by atoms with van der Waals surface area (Å²) in [6, 6.07) is 17.7. The lowest BCUT2D eigenvalue weighted by molar-refractivity contribution is 0.252. The molecular formula is C23H21ClN4OS. The molecule has 0 saturated carbocycles. The lowest BCUT2D eigenvalue weighted by Gasteiger charge is -2.32. The van der Waals surface area contributed by atoms with Gasteiger partial charge in [-0.15, -0.1) is 11.3 Å². The van der Waals surface area contributed by atoms with Crippen LogP contribution >= 0.6 is 22.9 Å². The SMILES string of the molecule is CCNC(=O)Nc1ccc(C(C)(c2ccc3ncsc3c2)c2ccccc2Cl)cn1. The minimum Gasteiger partial charge on any atom is -0.338 e. The van der Waals surface area contributed by atoms with Crippen molar-refractivity contribution in [2.24, 2.45) is 0 Å². The van der Waals surface area contributed by atoms with Crippen molar-refractivity contribution < 1.29 is 4.79 Å². The molecule has 7 heteroatoms. The number of benzene rings is 2. The third-order valence-electron chi connectivity index (χ3n) is 5.24. The zero-order valence-corrected chi connectivity index (χ0v) is 18.2. The molecule has 0 aliphatic heterocycles. The van der Waals surface area contributed by atoms with E-state index in [1.807, 2.05) is 54.9 Å². The van der Waals surface area contributed by atoms with Gasteiger partial charge in [0.25, 0.3) is 0 Å². The third-order valence-corrected chi connectivity index (χ3v) is 6.36. The predicted octanol–water partition coefficient (Wildman–Crippen LogP) is 5.84.